The van der Waals surface area contributed by atoms with Crippen LogP contribution in [0.2, 0.25) is 0 Å². The molecule has 21 heavy (non-hydrogen) atoms. The molecule has 1 aromatic rings. The van der Waals surface area contributed by atoms with Gasteiger partial charge in [-0.1, -0.05) is 20.8 Å². The van der Waals surface area contributed by atoms with Crippen molar-refractivity contribution in [1.29, 1.82) is 0 Å². The Bertz CT molecular complexity index is 447. The molecular weight excluding hydrogens is 270 g/mol. The standard InChI is InChI=1S/C17H28F2N2/c1-7-17(4,5)21(6)16-14(18)8-13(9-15(16)19)11-20-10-12(2)3/h8-9,12,20H,7,10-11H2,1-6H3. The van der Waals surface area contributed by atoms with Crippen LogP contribution in [0.25, 0.3) is 0 Å². The van der Waals surface area contributed by atoms with Crippen molar-refractivity contribution < 1.29 is 8.78 Å². The Morgan fingerprint density at radius 3 is 2.14 bits per heavy atom. The van der Waals surface area contributed by atoms with Crippen molar-refractivity contribution in [3.63, 3.8) is 0 Å². The highest BCUT2D eigenvalue weighted by Crippen LogP contribution is 2.30. The van der Waals surface area contributed by atoms with Crippen molar-refractivity contribution in [2.24, 2.45) is 5.92 Å². The lowest BCUT2D eigenvalue weighted by Gasteiger charge is -2.37. The van der Waals surface area contributed by atoms with Crippen LogP contribution >= 0.6 is 0 Å². The smallest absolute Gasteiger partial charge is 0.149 e. The molecule has 0 radical (unpaired) electrons. The number of halogens is 2. The third kappa shape index (κ3) is 4.67. The quantitative estimate of drug-likeness (QED) is 0.806. The summed E-state index contributed by atoms with van der Waals surface area (Å²) in [6, 6.07) is 2.85. The minimum absolute atomic E-state index is 0.0504. The lowest BCUT2D eigenvalue weighted by atomic mass is 9.98. The molecule has 0 atom stereocenters. The van der Waals surface area contributed by atoms with Crippen LogP contribution in [-0.2, 0) is 6.54 Å². The number of rotatable bonds is 7. The fourth-order valence-corrected chi connectivity index (χ4v) is 2.09. The molecule has 0 saturated heterocycles. The highest BCUT2D eigenvalue weighted by Gasteiger charge is 2.26. The van der Waals surface area contributed by atoms with Gasteiger partial charge in [0.15, 0.2) is 0 Å². The van der Waals surface area contributed by atoms with Crippen molar-refractivity contribution >= 4 is 5.69 Å². The van der Waals surface area contributed by atoms with Crippen LogP contribution < -0.4 is 10.2 Å². The first kappa shape index (κ1) is 17.9. The maximum Gasteiger partial charge on any atom is 0.149 e. The molecule has 0 aliphatic rings. The average molecular weight is 298 g/mol. The zero-order valence-electron chi connectivity index (χ0n) is 14.1. The highest BCUT2D eigenvalue weighted by atomic mass is 19.1. The minimum Gasteiger partial charge on any atom is -0.365 e. The van der Waals surface area contributed by atoms with Gasteiger partial charge in [0.05, 0.1) is 0 Å². The van der Waals surface area contributed by atoms with Crippen molar-refractivity contribution in [3.8, 4) is 0 Å². The van der Waals surface area contributed by atoms with Crippen molar-refractivity contribution in [3.05, 3.63) is 29.3 Å². The average Bonchev–Trinajstić information content (AvgIpc) is 2.37. The van der Waals surface area contributed by atoms with E-state index in [0.29, 0.717) is 18.0 Å². The van der Waals surface area contributed by atoms with E-state index in [1.807, 2.05) is 20.8 Å². The first-order valence-corrected chi connectivity index (χ1v) is 7.61. The molecule has 0 saturated carbocycles. The van der Waals surface area contributed by atoms with Crippen LogP contribution in [0.5, 0.6) is 0 Å². The maximum atomic E-state index is 14.3. The Hall–Kier alpha value is -1.16. The first-order valence-electron chi connectivity index (χ1n) is 7.61. The van der Waals surface area contributed by atoms with E-state index in [4.69, 9.17) is 0 Å². The summed E-state index contributed by atoms with van der Waals surface area (Å²) in [4.78, 5) is 1.68. The van der Waals surface area contributed by atoms with Gasteiger partial charge in [0.25, 0.3) is 0 Å². The summed E-state index contributed by atoms with van der Waals surface area (Å²) in [6.45, 7) is 11.5. The van der Waals surface area contributed by atoms with Gasteiger partial charge in [-0.2, -0.15) is 0 Å². The van der Waals surface area contributed by atoms with Crippen LogP contribution in [0.15, 0.2) is 12.1 Å². The zero-order chi connectivity index (χ0) is 16.2. The SMILES string of the molecule is CCC(C)(C)N(C)c1c(F)cc(CNCC(C)C)cc1F. The van der Waals surface area contributed by atoms with Gasteiger partial charge < -0.3 is 10.2 Å². The van der Waals surface area contributed by atoms with E-state index in [2.05, 4.69) is 19.2 Å². The molecule has 0 heterocycles. The van der Waals surface area contributed by atoms with Crippen molar-refractivity contribution in [2.45, 2.75) is 53.1 Å². The largest absolute Gasteiger partial charge is 0.365 e. The number of benzene rings is 1. The van der Waals surface area contributed by atoms with Crippen LogP contribution in [-0.4, -0.2) is 19.1 Å². The number of nitrogens with zero attached hydrogens (tertiary/aromatic N) is 1. The Labute approximate surface area is 127 Å². The summed E-state index contributed by atoms with van der Waals surface area (Å²) in [5.41, 5.74) is 0.394. The van der Waals surface area contributed by atoms with E-state index in [1.165, 1.54) is 12.1 Å². The van der Waals surface area contributed by atoms with Gasteiger partial charge in [-0.15, -0.1) is 0 Å². The molecule has 0 fully saturated rings. The Morgan fingerprint density at radius 2 is 1.71 bits per heavy atom. The predicted molar refractivity (Wildman–Crippen MR) is 85.7 cm³/mol. The Kier molecular flexibility index (Phi) is 6.14. The molecule has 1 rings (SSSR count). The van der Waals surface area contributed by atoms with E-state index in [9.17, 15) is 8.78 Å². The molecule has 0 spiro atoms. The van der Waals surface area contributed by atoms with Gasteiger partial charge in [0.1, 0.15) is 17.3 Å². The topological polar surface area (TPSA) is 15.3 Å². The summed E-state index contributed by atoms with van der Waals surface area (Å²) >= 11 is 0. The molecule has 1 N–H and O–H groups in total. The second-order valence-electron chi connectivity index (χ2n) is 6.66. The molecule has 4 heteroatoms. The van der Waals surface area contributed by atoms with Crippen LogP contribution in [0.4, 0.5) is 14.5 Å². The van der Waals surface area contributed by atoms with Crippen LogP contribution in [0, 0.1) is 17.6 Å². The van der Waals surface area contributed by atoms with Gasteiger partial charge in [-0.25, -0.2) is 8.78 Å². The lowest BCUT2D eigenvalue weighted by Crippen LogP contribution is -2.41. The van der Waals surface area contributed by atoms with Crippen LogP contribution in [0.3, 0.4) is 0 Å². The predicted octanol–water partition coefficient (Wildman–Crippen LogP) is 4.34. The van der Waals surface area contributed by atoms with E-state index in [-0.39, 0.29) is 11.2 Å². The normalized spacial score (nSPS) is 12.0. The Morgan fingerprint density at radius 1 is 1.19 bits per heavy atom. The van der Waals surface area contributed by atoms with Gasteiger partial charge in [-0.05, 0) is 50.4 Å². The molecule has 0 unspecified atom stereocenters. The second kappa shape index (κ2) is 7.21. The van der Waals surface area contributed by atoms with Crippen molar-refractivity contribution in [2.75, 3.05) is 18.5 Å². The van der Waals surface area contributed by atoms with E-state index in [0.717, 1.165) is 13.0 Å². The Balaban J connectivity index is 2.95. The summed E-state index contributed by atoms with van der Waals surface area (Å²) in [5, 5.41) is 3.20. The van der Waals surface area contributed by atoms with Crippen molar-refractivity contribution in [1.82, 2.24) is 5.32 Å². The fourth-order valence-electron chi connectivity index (χ4n) is 2.09. The maximum absolute atomic E-state index is 14.3. The zero-order valence-corrected chi connectivity index (χ0v) is 14.1. The van der Waals surface area contributed by atoms with Gasteiger partial charge in [0, 0.05) is 19.1 Å². The third-order valence-electron chi connectivity index (χ3n) is 4.07. The lowest BCUT2D eigenvalue weighted by molar-refractivity contribution is 0.451. The van der Waals surface area contributed by atoms with E-state index in [1.54, 1.807) is 11.9 Å². The number of nitrogens with one attached hydrogen (secondary N) is 1. The van der Waals surface area contributed by atoms with Gasteiger partial charge in [0.2, 0.25) is 0 Å². The minimum atomic E-state index is -0.500. The van der Waals surface area contributed by atoms with E-state index < -0.39 is 11.6 Å². The fraction of sp³-hybridized carbons (Fsp3) is 0.647. The van der Waals surface area contributed by atoms with Crippen LogP contribution in [0.1, 0.15) is 46.6 Å². The second-order valence-corrected chi connectivity index (χ2v) is 6.66. The highest BCUT2D eigenvalue weighted by molar-refractivity contribution is 5.52. The number of anilines is 1. The van der Waals surface area contributed by atoms with Gasteiger partial charge in [-0.3, -0.25) is 0 Å². The first-order chi connectivity index (χ1) is 9.69. The summed E-state index contributed by atoms with van der Waals surface area (Å²) in [5.74, 6) is -0.490. The number of hydrogen-bond acceptors (Lipinski definition) is 2. The molecule has 2 nitrogen and oxygen atoms in total. The molecule has 1 aromatic carbocycles. The molecule has 0 aliphatic heterocycles. The van der Waals surface area contributed by atoms with E-state index >= 15 is 0 Å². The molecule has 0 bridgehead atoms. The molecule has 0 aliphatic carbocycles. The summed E-state index contributed by atoms with van der Waals surface area (Å²) < 4.78 is 28.6. The molecule has 0 amide bonds. The summed E-state index contributed by atoms with van der Waals surface area (Å²) in [6.07, 6.45) is 0.806. The molecule has 120 valence electrons. The summed E-state index contributed by atoms with van der Waals surface area (Å²) in [7, 11) is 1.74. The monoisotopic (exact) mass is 298 g/mol. The molecule has 0 aromatic heterocycles. The molecular formula is C17H28F2N2. The third-order valence-corrected chi connectivity index (χ3v) is 4.07. The number of hydrogen-bond donors (Lipinski definition) is 1. The van der Waals surface area contributed by atoms with Gasteiger partial charge >= 0.3 is 0 Å².